The fourth-order valence-electron chi connectivity index (χ4n) is 2.88. The van der Waals surface area contributed by atoms with Gasteiger partial charge in [-0.1, -0.05) is 0 Å². The van der Waals surface area contributed by atoms with Crippen molar-refractivity contribution in [3.63, 3.8) is 0 Å². The lowest BCUT2D eigenvalue weighted by molar-refractivity contribution is 0.0650. The molecule has 2 aliphatic rings. The van der Waals surface area contributed by atoms with Gasteiger partial charge in [-0.25, -0.2) is 8.42 Å². The molecule has 0 bridgehead atoms. The molecule has 1 aromatic heterocycles. The highest BCUT2D eigenvalue weighted by molar-refractivity contribution is 7.99. The van der Waals surface area contributed by atoms with E-state index in [0.29, 0.717) is 25.3 Å². The van der Waals surface area contributed by atoms with Gasteiger partial charge in [0.2, 0.25) is 10.0 Å². The Bertz CT molecular complexity index is 673. The van der Waals surface area contributed by atoms with Gasteiger partial charge in [0.1, 0.15) is 10.6 Å². The molecule has 0 saturated carbocycles. The Balaban J connectivity index is 0.00000208. The van der Waals surface area contributed by atoms with Crippen molar-refractivity contribution >= 4 is 40.1 Å². The van der Waals surface area contributed by atoms with Crippen LogP contribution in [0.3, 0.4) is 0 Å². The third-order valence-corrected chi connectivity index (χ3v) is 7.08. The maximum atomic E-state index is 12.6. The normalized spacial score (nSPS) is 22.9. The van der Waals surface area contributed by atoms with Gasteiger partial charge in [0.05, 0.1) is 0 Å². The van der Waals surface area contributed by atoms with Gasteiger partial charge in [0, 0.05) is 56.5 Å². The van der Waals surface area contributed by atoms with Crippen LogP contribution in [-0.4, -0.2) is 78.8 Å². The molecule has 2 saturated heterocycles. The largest absolute Gasteiger partial charge is 0.356 e. The number of rotatable bonds is 3. The first-order valence-corrected chi connectivity index (χ1v) is 10.4. The number of aromatic amines is 1. The summed E-state index contributed by atoms with van der Waals surface area (Å²) in [7, 11) is -3.51. The summed E-state index contributed by atoms with van der Waals surface area (Å²) >= 11 is 1.76. The Kier molecular flexibility index (Phi) is 6.60. The number of nitrogens with zero attached hydrogens (tertiary/aromatic N) is 2. The third-order valence-electron chi connectivity index (χ3n) is 4.26. The van der Waals surface area contributed by atoms with Crippen molar-refractivity contribution in [2.75, 3.05) is 44.2 Å². The van der Waals surface area contributed by atoms with Crippen LogP contribution in [0, 0.1) is 0 Å². The van der Waals surface area contributed by atoms with Crippen molar-refractivity contribution in [2.45, 2.75) is 17.9 Å². The molecule has 2 N–H and O–H groups in total. The topological polar surface area (TPSA) is 85.5 Å². The lowest BCUT2D eigenvalue weighted by atomic mass is 10.2. The van der Waals surface area contributed by atoms with Gasteiger partial charge >= 0.3 is 0 Å². The van der Waals surface area contributed by atoms with Crippen molar-refractivity contribution < 1.29 is 13.2 Å². The molecule has 1 atom stereocenters. The summed E-state index contributed by atoms with van der Waals surface area (Å²) in [6.07, 6.45) is 1.43. The molecule has 1 amide bonds. The second kappa shape index (κ2) is 8.09. The lowest BCUT2D eigenvalue weighted by Crippen LogP contribution is -2.52. The minimum atomic E-state index is -3.51. The molecule has 136 valence electrons. The van der Waals surface area contributed by atoms with Crippen LogP contribution in [0.1, 0.15) is 17.4 Å². The number of hydrogen-bond acceptors (Lipinski definition) is 5. The summed E-state index contributed by atoms with van der Waals surface area (Å²) in [6.45, 7) is 5.17. The van der Waals surface area contributed by atoms with E-state index in [9.17, 15) is 13.2 Å². The molecule has 2 aliphatic heterocycles. The highest BCUT2D eigenvalue weighted by Gasteiger charge is 2.30. The molecule has 0 radical (unpaired) electrons. The van der Waals surface area contributed by atoms with Crippen LogP contribution in [0.4, 0.5) is 0 Å². The zero-order valence-electron chi connectivity index (χ0n) is 13.5. The van der Waals surface area contributed by atoms with Gasteiger partial charge in [-0.2, -0.15) is 16.1 Å². The van der Waals surface area contributed by atoms with Gasteiger partial charge < -0.3 is 15.2 Å². The van der Waals surface area contributed by atoms with Crippen LogP contribution in [0.25, 0.3) is 0 Å². The number of H-pyrrole nitrogens is 1. The molecule has 0 unspecified atom stereocenters. The van der Waals surface area contributed by atoms with Gasteiger partial charge in [0.15, 0.2) is 0 Å². The highest BCUT2D eigenvalue weighted by atomic mass is 35.5. The maximum Gasteiger partial charge on any atom is 0.270 e. The molecular weight excluding hydrogens is 372 g/mol. The number of thioether (sulfide) groups is 1. The molecule has 2 fully saturated rings. The fourth-order valence-corrected chi connectivity index (χ4v) is 5.45. The number of amides is 1. The van der Waals surface area contributed by atoms with E-state index in [4.69, 9.17) is 0 Å². The molecule has 10 heteroatoms. The van der Waals surface area contributed by atoms with Gasteiger partial charge in [-0.05, 0) is 13.0 Å². The summed E-state index contributed by atoms with van der Waals surface area (Å²) in [5, 5.41) is 3.23. The molecule has 0 aromatic carbocycles. The van der Waals surface area contributed by atoms with Crippen LogP contribution >= 0.6 is 24.2 Å². The number of carbonyl (C=O) groups excluding carboxylic acids is 1. The monoisotopic (exact) mass is 394 g/mol. The first-order valence-electron chi connectivity index (χ1n) is 7.78. The van der Waals surface area contributed by atoms with Crippen LogP contribution in [0.15, 0.2) is 17.2 Å². The molecule has 3 rings (SSSR count). The van der Waals surface area contributed by atoms with Crippen LogP contribution < -0.4 is 5.32 Å². The lowest BCUT2D eigenvalue weighted by Gasteiger charge is -2.33. The fraction of sp³-hybridized carbons (Fsp3) is 0.643. The van der Waals surface area contributed by atoms with Gasteiger partial charge in [-0.15, -0.1) is 12.4 Å². The van der Waals surface area contributed by atoms with E-state index in [1.807, 2.05) is 6.92 Å². The zero-order valence-corrected chi connectivity index (χ0v) is 16.0. The van der Waals surface area contributed by atoms with E-state index in [-0.39, 0.29) is 29.3 Å². The maximum absolute atomic E-state index is 12.6. The molecule has 24 heavy (non-hydrogen) atoms. The van der Waals surface area contributed by atoms with Crippen LogP contribution in [0.5, 0.6) is 0 Å². The Morgan fingerprint density at radius 1 is 1.29 bits per heavy atom. The van der Waals surface area contributed by atoms with E-state index < -0.39 is 10.0 Å². The average Bonchev–Trinajstić information content (AvgIpc) is 3.06. The summed E-state index contributed by atoms with van der Waals surface area (Å²) < 4.78 is 26.7. The first-order chi connectivity index (χ1) is 11.0. The summed E-state index contributed by atoms with van der Waals surface area (Å²) in [5.74, 6) is 1.48. The second-order valence-electron chi connectivity index (χ2n) is 5.82. The minimum Gasteiger partial charge on any atom is -0.356 e. The van der Waals surface area contributed by atoms with Gasteiger partial charge in [-0.3, -0.25) is 4.79 Å². The SMILES string of the molecule is C[C@H]1CNCCN1C(=O)c1cc(S(=O)(=O)N2CCSCC2)c[nH]1.Cl. The van der Waals surface area contributed by atoms with Crippen molar-refractivity contribution in [3.05, 3.63) is 18.0 Å². The number of halogens is 1. The number of carbonyl (C=O) groups is 1. The predicted octanol–water partition coefficient (Wildman–Crippen LogP) is 0.608. The summed E-state index contributed by atoms with van der Waals surface area (Å²) in [5.41, 5.74) is 0.337. The van der Waals surface area contributed by atoms with E-state index in [0.717, 1.165) is 24.6 Å². The quantitative estimate of drug-likeness (QED) is 0.784. The number of hydrogen-bond donors (Lipinski definition) is 2. The molecule has 0 aliphatic carbocycles. The molecule has 1 aromatic rings. The molecular formula is C14H23ClN4O3S2. The minimum absolute atomic E-state index is 0. The van der Waals surface area contributed by atoms with Crippen molar-refractivity contribution in [2.24, 2.45) is 0 Å². The van der Waals surface area contributed by atoms with E-state index in [1.165, 1.54) is 16.6 Å². The number of aromatic nitrogens is 1. The molecule has 0 spiro atoms. The predicted molar refractivity (Wildman–Crippen MR) is 97.5 cm³/mol. The van der Waals surface area contributed by atoms with E-state index >= 15 is 0 Å². The number of sulfonamides is 1. The second-order valence-corrected chi connectivity index (χ2v) is 8.98. The van der Waals surface area contributed by atoms with Crippen molar-refractivity contribution in [3.8, 4) is 0 Å². The Morgan fingerprint density at radius 2 is 2.00 bits per heavy atom. The highest BCUT2D eigenvalue weighted by Crippen LogP contribution is 2.21. The third kappa shape index (κ3) is 3.91. The Morgan fingerprint density at radius 3 is 2.67 bits per heavy atom. The van der Waals surface area contributed by atoms with Gasteiger partial charge in [0.25, 0.3) is 5.91 Å². The van der Waals surface area contributed by atoms with Crippen molar-refractivity contribution in [1.29, 1.82) is 0 Å². The van der Waals surface area contributed by atoms with Crippen LogP contribution in [0.2, 0.25) is 0 Å². The molecule has 7 nitrogen and oxygen atoms in total. The number of piperazine rings is 1. The summed E-state index contributed by atoms with van der Waals surface area (Å²) in [6, 6.07) is 1.56. The standard InChI is InChI=1S/C14H22N4O3S2.ClH/c1-11-9-15-2-3-18(11)14(19)13-8-12(10-16-13)23(20,21)17-4-6-22-7-5-17;/h8,10-11,15-16H,2-7,9H2,1H3;1H/t11-;/m0./s1. The molecule has 3 heterocycles. The average molecular weight is 395 g/mol. The van der Waals surface area contributed by atoms with Crippen LogP contribution in [-0.2, 0) is 10.0 Å². The number of nitrogens with one attached hydrogen (secondary N) is 2. The Hall–Kier alpha value is -0.740. The van der Waals surface area contributed by atoms with E-state index in [1.54, 1.807) is 16.7 Å². The van der Waals surface area contributed by atoms with E-state index in [2.05, 4.69) is 10.3 Å². The summed E-state index contributed by atoms with van der Waals surface area (Å²) in [4.78, 5) is 17.4. The van der Waals surface area contributed by atoms with Crippen molar-refractivity contribution in [1.82, 2.24) is 19.5 Å². The zero-order chi connectivity index (χ0) is 16.4. The Labute approximate surface area is 153 Å². The smallest absolute Gasteiger partial charge is 0.270 e. The first kappa shape index (κ1) is 19.6.